The normalized spacial score (nSPS) is 11.8. The molecule has 9 nitrogen and oxygen atoms in total. The first kappa shape index (κ1) is 24.0. The molecule has 0 saturated carbocycles. The lowest BCUT2D eigenvalue weighted by Crippen LogP contribution is -2.41. The summed E-state index contributed by atoms with van der Waals surface area (Å²) in [5.41, 5.74) is 11.8. The predicted octanol–water partition coefficient (Wildman–Crippen LogP) is 0.275. The van der Waals surface area contributed by atoms with Gasteiger partial charge in [0.1, 0.15) is 0 Å². The largest absolute Gasteiger partial charge is 0.481 e. The molecule has 0 aliphatic heterocycles. The molecule has 0 saturated heterocycles. The zero-order valence-corrected chi connectivity index (χ0v) is 15.5. The van der Waals surface area contributed by atoms with Crippen LogP contribution in [0.25, 0.3) is 0 Å². The number of benzene rings is 1. The van der Waals surface area contributed by atoms with Crippen molar-refractivity contribution in [1.82, 2.24) is 5.32 Å². The number of rotatable bonds is 9. The van der Waals surface area contributed by atoms with E-state index in [9.17, 15) is 18.0 Å². The number of carboxylic acid groups (broad SMARTS) is 1. The van der Waals surface area contributed by atoms with Crippen LogP contribution in [0.1, 0.15) is 31.2 Å². The number of carboxylic acids is 1. The van der Waals surface area contributed by atoms with Gasteiger partial charge in [-0.05, 0) is 38.4 Å². The van der Waals surface area contributed by atoms with Crippen LogP contribution in [-0.2, 0) is 19.7 Å². The number of aryl methyl sites for hydroxylation is 1. The van der Waals surface area contributed by atoms with Crippen molar-refractivity contribution >= 4 is 22.0 Å². The molecule has 0 unspecified atom stereocenters. The van der Waals surface area contributed by atoms with Gasteiger partial charge < -0.3 is 21.9 Å². The quantitative estimate of drug-likeness (QED) is 0.296. The second-order valence-electron chi connectivity index (χ2n) is 5.61. The second kappa shape index (κ2) is 12.4. The molecule has 1 amide bonds. The number of unbranched alkanes of at least 4 members (excludes halogenated alkanes) is 1. The number of carbonyl (C=O) groups excluding carboxylic acids is 1. The number of nitrogens with two attached hydrogens (primary N) is 2. The van der Waals surface area contributed by atoms with Crippen molar-refractivity contribution in [2.75, 3.05) is 13.1 Å². The molecular formula is C16H27N3O6S. The van der Waals surface area contributed by atoms with Crippen LogP contribution in [0.3, 0.4) is 0 Å². The van der Waals surface area contributed by atoms with Gasteiger partial charge >= 0.3 is 5.97 Å². The van der Waals surface area contributed by atoms with Gasteiger partial charge in [0, 0.05) is 6.54 Å². The second-order valence-corrected chi connectivity index (χ2v) is 7.04. The number of nitrogens with one attached hydrogen (secondary N) is 1. The molecule has 0 aromatic heterocycles. The molecule has 0 fully saturated rings. The van der Waals surface area contributed by atoms with Crippen molar-refractivity contribution in [3.63, 3.8) is 0 Å². The van der Waals surface area contributed by atoms with E-state index < -0.39 is 22.1 Å². The van der Waals surface area contributed by atoms with Gasteiger partial charge in [0.2, 0.25) is 5.91 Å². The summed E-state index contributed by atoms with van der Waals surface area (Å²) in [7, 11) is -4.02. The van der Waals surface area contributed by atoms with Crippen LogP contribution < -0.4 is 16.8 Å². The molecule has 1 aromatic rings. The number of amides is 1. The first-order valence-electron chi connectivity index (χ1n) is 8.07. The fourth-order valence-corrected chi connectivity index (χ4v) is 2.25. The Morgan fingerprint density at radius 1 is 1.19 bits per heavy atom. The Balaban J connectivity index is 0.000000502. The average Bonchev–Trinajstić information content (AvgIpc) is 2.54. The van der Waals surface area contributed by atoms with Gasteiger partial charge in [-0.3, -0.25) is 14.1 Å². The zero-order chi connectivity index (χ0) is 20.2. The van der Waals surface area contributed by atoms with Gasteiger partial charge in [-0.1, -0.05) is 24.1 Å². The van der Waals surface area contributed by atoms with Crippen LogP contribution in [0, 0.1) is 6.92 Å². The summed E-state index contributed by atoms with van der Waals surface area (Å²) in [6.45, 7) is 2.56. The monoisotopic (exact) mass is 389 g/mol. The molecule has 0 heterocycles. The summed E-state index contributed by atoms with van der Waals surface area (Å²) in [4.78, 5) is 21.4. The van der Waals surface area contributed by atoms with E-state index in [-0.39, 0.29) is 23.8 Å². The topological polar surface area (TPSA) is 173 Å². The molecule has 0 aliphatic carbocycles. The van der Waals surface area contributed by atoms with Gasteiger partial charge in [-0.25, -0.2) is 0 Å². The average molecular weight is 389 g/mol. The third-order valence-corrected chi connectivity index (χ3v) is 4.13. The minimum absolute atomic E-state index is 0.0666. The Morgan fingerprint density at radius 3 is 2.23 bits per heavy atom. The lowest BCUT2D eigenvalue weighted by Gasteiger charge is -2.10. The molecule has 0 spiro atoms. The molecule has 26 heavy (non-hydrogen) atoms. The third kappa shape index (κ3) is 11.5. The first-order chi connectivity index (χ1) is 12.1. The van der Waals surface area contributed by atoms with E-state index in [4.69, 9.17) is 21.1 Å². The predicted molar refractivity (Wildman–Crippen MR) is 97.1 cm³/mol. The lowest BCUT2D eigenvalue weighted by atomic mass is 10.1. The van der Waals surface area contributed by atoms with Crippen LogP contribution >= 0.6 is 0 Å². The minimum Gasteiger partial charge on any atom is -0.481 e. The number of hydrogen-bond donors (Lipinski definition) is 5. The molecular weight excluding hydrogens is 362 g/mol. The van der Waals surface area contributed by atoms with E-state index in [1.807, 2.05) is 6.92 Å². The standard InChI is InChI=1S/C9H19N3O3.C7H8O3S/c10-5-2-1-3-7(11)9(15)12-6-4-8(13)14;1-6-2-4-7(5-3-6)11(8,9)10/h7H,1-6,10-11H2,(H,12,15)(H,13,14);2-5H,1H3,(H,8,9,10)/t7-;/m0./s1. The lowest BCUT2D eigenvalue weighted by molar-refractivity contribution is -0.136. The maximum Gasteiger partial charge on any atom is 0.305 e. The molecule has 1 atom stereocenters. The number of carbonyl (C=O) groups is 2. The Hall–Kier alpha value is -2.01. The van der Waals surface area contributed by atoms with E-state index in [0.29, 0.717) is 13.0 Å². The van der Waals surface area contributed by atoms with E-state index in [0.717, 1.165) is 18.4 Å². The van der Waals surface area contributed by atoms with E-state index in [1.54, 1.807) is 12.1 Å². The summed E-state index contributed by atoms with van der Waals surface area (Å²) >= 11 is 0. The fraction of sp³-hybridized carbons (Fsp3) is 0.500. The molecule has 0 aliphatic rings. The summed E-state index contributed by atoms with van der Waals surface area (Å²) in [5.74, 6) is -1.24. The van der Waals surface area contributed by atoms with Crippen LogP contribution in [0.2, 0.25) is 0 Å². The summed E-state index contributed by atoms with van der Waals surface area (Å²) in [6.07, 6.45) is 2.15. The van der Waals surface area contributed by atoms with Crippen molar-refractivity contribution in [3.05, 3.63) is 29.8 Å². The van der Waals surface area contributed by atoms with Gasteiger partial charge in [-0.2, -0.15) is 8.42 Å². The third-order valence-electron chi connectivity index (χ3n) is 3.26. The molecule has 1 aromatic carbocycles. The van der Waals surface area contributed by atoms with E-state index in [1.165, 1.54) is 12.1 Å². The molecule has 148 valence electrons. The zero-order valence-electron chi connectivity index (χ0n) is 14.7. The Bertz CT molecular complexity index is 661. The van der Waals surface area contributed by atoms with Crippen LogP contribution in [0.4, 0.5) is 0 Å². The smallest absolute Gasteiger partial charge is 0.305 e. The molecule has 1 rings (SSSR count). The summed E-state index contributed by atoms with van der Waals surface area (Å²) in [6, 6.07) is 5.42. The highest BCUT2D eigenvalue weighted by Gasteiger charge is 2.12. The van der Waals surface area contributed by atoms with Gasteiger partial charge in [0.25, 0.3) is 10.1 Å². The maximum absolute atomic E-state index is 11.3. The molecule has 0 radical (unpaired) electrons. The van der Waals surface area contributed by atoms with Crippen molar-refractivity contribution in [3.8, 4) is 0 Å². The first-order valence-corrected chi connectivity index (χ1v) is 9.51. The number of aliphatic carboxylic acids is 1. The van der Waals surface area contributed by atoms with Crippen molar-refractivity contribution in [1.29, 1.82) is 0 Å². The maximum atomic E-state index is 11.3. The van der Waals surface area contributed by atoms with E-state index >= 15 is 0 Å². The minimum atomic E-state index is -4.02. The van der Waals surface area contributed by atoms with E-state index in [2.05, 4.69) is 5.32 Å². The number of hydrogen-bond acceptors (Lipinski definition) is 6. The Kier molecular flexibility index (Phi) is 11.4. The fourth-order valence-electron chi connectivity index (χ4n) is 1.77. The highest BCUT2D eigenvalue weighted by atomic mass is 32.2. The van der Waals surface area contributed by atoms with Crippen LogP contribution in [0.15, 0.2) is 29.2 Å². The Labute approximate surface area is 153 Å². The highest BCUT2D eigenvalue weighted by molar-refractivity contribution is 7.85. The highest BCUT2D eigenvalue weighted by Crippen LogP contribution is 2.08. The molecule has 7 N–H and O–H groups in total. The Morgan fingerprint density at radius 2 is 1.77 bits per heavy atom. The van der Waals surface area contributed by atoms with Crippen LogP contribution in [0.5, 0.6) is 0 Å². The summed E-state index contributed by atoms with van der Waals surface area (Å²) in [5, 5.41) is 10.8. The summed E-state index contributed by atoms with van der Waals surface area (Å²) < 4.78 is 29.6. The van der Waals surface area contributed by atoms with Crippen molar-refractivity contribution < 1.29 is 27.7 Å². The molecule has 0 bridgehead atoms. The SMILES string of the molecule is Cc1ccc(S(=O)(=O)O)cc1.NCCCC[C@H](N)C(=O)NCCC(=O)O. The van der Waals surface area contributed by atoms with Crippen molar-refractivity contribution in [2.45, 2.75) is 43.5 Å². The van der Waals surface area contributed by atoms with Crippen LogP contribution in [-0.4, -0.2) is 49.1 Å². The van der Waals surface area contributed by atoms with Gasteiger partial charge in [-0.15, -0.1) is 0 Å². The molecule has 10 heteroatoms. The van der Waals surface area contributed by atoms with Gasteiger partial charge in [0.15, 0.2) is 0 Å². The van der Waals surface area contributed by atoms with Crippen molar-refractivity contribution in [2.24, 2.45) is 11.5 Å². The van der Waals surface area contributed by atoms with Gasteiger partial charge in [0.05, 0.1) is 17.4 Å².